The Morgan fingerprint density at radius 2 is 1.81 bits per heavy atom. The molecule has 0 bridgehead atoms. The molecule has 2 aromatic carbocycles. The molecule has 2 rings (SSSR count). The summed E-state index contributed by atoms with van der Waals surface area (Å²) >= 11 is 0. The molecule has 2 nitrogen and oxygen atoms in total. The Balaban J connectivity index is 1.99. The molecule has 1 unspecified atom stereocenters. The molecule has 0 heterocycles. The topological polar surface area (TPSA) is 21.3 Å². The van der Waals surface area contributed by atoms with E-state index in [2.05, 4.69) is 30.4 Å². The summed E-state index contributed by atoms with van der Waals surface area (Å²) in [5.74, 6) is -0.194. The summed E-state index contributed by atoms with van der Waals surface area (Å²) in [6, 6.07) is 15.3. The van der Waals surface area contributed by atoms with E-state index in [1.807, 2.05) is 18.2 Å². The molecule has 0 fully saturated rings. The molecule has 3 heteroatoms. The Bertz CT molecular complexity index is 553. The summed E-state index contributed by atoms with van der Waals surface area (Å²) in [5, 5.41) is 3.53. The number of ether oxygens (including phenoxy) is 1. The fourth-order valence-corrected chi connectivity index (χ4v) is 2.43. The zero-order valence-corrected chi connectivity index (χ0v) is 12.6. The quantitative estimate of drug-likeness (QED) is 0.823. The van der Waals surface area contributed by atoms with Crippen molar-refractivity contribution in [1.82, 2.24) is 5.32 Å². The molecule has 0 aliphatic heterocycles. The van der Waals surface area contributed by atoms with E-state index in [1.54, 1.807) is 7.11 Å². The van der Waals surface area contributed by atoms with E-state index in [1.165, 1.54) is 23.3 Å². The maximum atomic E-state index is 13.0. The van der Waals surface area contributed by atoms with Gasteiger partial charge in [0.15, 0.2) is 0 Å². The van der Waals surface area contributed by atoms with Gasteiger partial charge in [0.05, 0.1) is 6.61 Å². The van der Waals surface area contributed by atoms with Gasteiger partial charge in [0.1, 0.15) is 5.82 Å². The van der Waals surface area contributed by atoms with Gasteiger partial charge in [-0.2, -0.15) is 0 Å². The second-order valence-electron chi connectivity index (χ2n) is 5.15. The van der Waals surface area contributed by atoms with E-state index < -0.39 is 0 Å². The smallest absolute Gasteiger partial charge is 0.123 e. The minimum absolute atomic E-state index is 0.194. The van der Waals surface area contributed by atoms with Crippen LogP contribution >= 0.6 is 0 Å². The van der Waals surface area contributed by atoms with Crippen LogP contribution in [0.3, 0.4) is 0 Å². The second kappa shape index (κ2) is 7.91. The van der Waals surface area contributed by atoms with Gasteiger partial charge in [-0.3, -0.25) is 0 Å². The molecule has 0 aliphatic rings. The average Bonchev–Trinajstić information content (AvgIpc) is 2.50. The van der Waals surface area contributed by atoms with Crippen molar-refractivity contribution < 1.29 is 9.13 Å². The van der Waals surface area contributed by atoms with Crippen LogP contribution in [0.5, 0.6) is 0 Å². The SMILES string of the molecule is CCC(NCc1cccc(COC)c1)c1ccc(F)cc1. The number of hydrogen-bond acceptors (Lipinski definition) is 2. The summed E-state index contributed by atoms with van der Waals surface area (Å²) < 4.78 is 18.1. The first-order chi connectivity index (χ1) is 10.2. The first-order valence-corrected chi connectivity index (χ1v) is 7.28. The largest absolute Gasteiger partial charge is 0.380 e. The summed E-state index contributed by atoms with van der Waals surface area (Å²) in [7, 11) is 1.70. The first-order valence-electron chi connectivity index (χ1n) is 7.28. The molecule has 0 spiro atoms. The molecule has 1 atom stereocenters. The van der Waals surface area contributed by atoms with E-state index in [0.29, 0.717) is 6.61 Å². The van der Waals surface area contributed by atoms with Gasteiger partial charge < -0.3 is 10.1 Å². The van der Waals surface area contributed by atoms with Crippen LogP contribution in [0.1, 0.15) is 36.1 Å². The number of methoxy groups -OCH3 is 1. The lowest BCUT2D eigenvalue weighted by Crippen LogP contribution is -2.20. The van der Waals surface area contributed by atoms with Crippen LogP contribution in [0.25, 0.3) is 0 Å². The van der Waals surface area contributed by atoms with Crippen molar-refractivity contribution in [2.24, 2.45) is 0 Å². The maximum absolute atomic E-state index is 13.0. The molecule has 0 aromatic heterocycles. The Morgan fingerprint density at radius 3 is 2.48 bits per heavy atom. The monoisotopic (exact) mass is 287 g/mol. The van der Waals surface area contributed by atoms with Crippen LogP contribution in [-0.2, 0) is 17.9 Å². The van der Waals surface area contributed by atoms with Crippen LogP contribution in [0.4, 0.5) is 4.39 Å². The molecule has 0 saturated heterocycles. The predicted molar refractivity (Wildman–Crippen MR) is 83.4 cm³/mol. The van der Waals surface area contributed by atoms with Crippen LogP contribution in [0, 0.1) is 5.82 Å². The van der Waals surface area contributed by atoms with Crippen molar-refractivity contribution in [2.75, 3.05) is 7.11 Å². The van der Waals surface area contributed by atoms with Crippen molar-refractivity contribution in [1.29, 1.82) is 0 Å². The van der Waals surface area contributed by atoms with Gasteiger partial charge in [-0.15, -0.1) is 0 Å². The van der Waals surface area contributed by atoms with Gasteiger partial charge in [0, 0.05) is 19.7 Å². The van der Waals surface area contributed by atoms with Crippen LogP contribution < -0.4 is 5.32 Å². The highest BCUT2D eigenvalue weighted by atomic mass is 19.1. The summed E-state index contributed by atoms with van der Waals surface area (Å²) in [4.78, 5) is 0. The van der Waals surface area contributed by atoms with Crippen molar-refractivity contribution in [3.05, 3.63) is 71.0 Å². The van der Waals surface area contributed by atoms with E-state index in [0.717, 1.165) is 18.5 Å². The van der Waals surface area contributed by atoms with Crippen molar-refractivity contribution in [2.45, 2.75) is 32.5 Å². The highest BCUT2D eigenvalue weighted by Gasteiger charge is 2.08. The summed E-state index contributed by atoms with van der Waals surface area (Å²) in [6.07, 6.45) is 0.962. The maximum Gasteiger partial charge on any atom is 0.123 e. The highest BCUT2D eigenvalue weighted by Crippen LogP contribution is 2.18. The lowest BCUT2D eigenvalue weighted by molar-refractivity contribution is 0.185. The second-order valence-corrected chi connectivity index (χ2v) is 5.15. The lowest BCUT2D eigenvalue weighted by Gasteiger charge is -2.18. The fourth-order valence-electron chi connectivity index (χ4n) is 2.43. The predicted octanol–water partition coefficient (Wildman–Crippen LogP) is 4.21. The third-order valence-electron chi connectivity index (χ3n) is 3.54. The van der Waals surface area contributed by atoms with Crippen molar-refractivity contribution in [3.63, 3.8) is 0 Å². The summed E-state index contributed by atoms with van der Waals surface area (Å²) in [5.41, 5.74) is 3.52. The zero-order valence-electron chi connectivity index (χ0n) is 12.6. The molecule has 112 valence electrons. The van der Waals surface area contributed by atoms with Gasteiger partial charge in [0.25, 0.3) is 0 Å². The third-order valence-corrected chi connectivity index (χ3v) is 3.54. The van der Waals surface area contributed by atoms with Gasteiger partial charge in [0.2, 0.25) is 0 Å². The Hall–Kier alpha value is -1.71. The van der Waals surface area contributed by atoms with Crippen molar-refractivity contribution in [3.8, 4) is 0 Å². The average molecular weight is 287 g/mol. The Morgan fingerprint density at radius 1 is 1.10 bits per heavy atom. The Labute approximate surface area is 126 Å². The molecule has 0 aliphatic carbocycles. The van der Waals surface area contributed by atoms with Gasteiger partial charge in [-0.1, -0.05) is 43.3 Å². The van der Waals surface area contributed by atoms with Gasteiger partial charge in [-0.25, -0.2) is 4.39 Å². The normalized spacial score (nSPS) is 12.3. The van der Waals surface area contributed by atoms with Crippen LogP contribution in [0.15, 0.2) is 48.5 Å². The molecule has 2 aromatic rings. The van der Waals surface area contributed by atoms with Gasteiger partial charge >= 0.3 is 0 Å². The first kappa shape index (κ1) is 15.7. The van der Waals surface area contributed by atoms with E-state index in [9.17, 15) is 4.39 Å². The lowest BCUT2D eigenvalue weighted by atomic mass is 10.0. The zero-order chi connectivity index (χ0) is 15.1. The number of rotatable bonds is 7. The van der Waals surface area contributed by atoms with Crippen LogP contribution in [0.2, 0.25) is 0 Å². The number of benzene rings is 2. The standard InChI is InChI=1S/C18H22FNO/c1-3-18(16-7-9-17(19)10-8-16)20-12-14-5-4-6-15(11-14)13-21-2/h4-11,18,20H,3,12-13H2,1-2H3. The van der Waals surface area contributed by atoms with Crippen molar-refractivity contribution >= 4 is 0 Å². The number of halogens is 1. The minimum Gasteiger partial charge on any atom is -0.380 e. The summed E-state index contributed by atoms with van der Waals surface area (Å²) in [6.45, 7) is 3.54. The molecule has 0 radical (unpaired) electrons. The molecular formula is C18H22FNO. The Kier molecular flexibility index (Phi) is 5.90. The molecule has 0 amide bonds. The van der Waals surface area contributed by atoms with E-state index in [4.69, 9.17) is 4.74 Å². The number of nitrogens with one attached hydrogen (secondary N) is 1. The van der Waals surface area contributed by atoms with Crippen LogP contribution in [-0.4, -0.2) is 7.11 Å². The van der Waals surface area contributed by atoms with Gasteiger partial charge in [-0.05, 0) is 35.2 Å². The molecular weight excluding hydrogens is 265 g/mol. The van der Waals surface area contributed by atoms with E-state index >= 15 is 0 Å². The minimum atomic E-state index is -0.194. The van der Waals surface area contributed by atoms with E-state index in [-0.39, 0.29) is 11.9 Å². The molecule has 21 heavy (non-hydrogen) atoms. The molecule has 0 saturated carbocycles. The molecule has 1 N–H and O–H groups in total. The third kappa shape index (κ3) is 4.66. The number of hydrogen-bond donors (Lipinski definition) is 1. The highest BCUT2D eigenvalue weighted by molar-refractivity contribution is 5.24. The fraction of sp³-hybridized carbons (Fsp3) is 0.333.